The molecule has 3 saturated heterocycles. The Labute approximate surface area is 162 Å². The van der Waals surface area contributed by atoms with Crippen molar-refractivity contribution in [3.63, 3.8) is 0 Å². The molecule has 3 aliphatic heterocycles. The van der Waals surface area contributed by atoms with Gasteiger partial charge in [-0.1, -0.05) is 24.3 Å². The Morgan fingerprint density at radius 1 is 1.07 bits per heavy atom. The number of amides is 1. The fraction of sp³-hybridized carbons (Fsp3) is 0.333. The summed E-state index contributed by atoms with van der Waals surface area (Å²) in [7, 11) is 0. The largest absolute Gasteiger partial charge is 0.451 e. The minimum Gasteiger partial charge on any atom is -0.451 e. The van der Waals surface area contributed by atoms with Crippen LogP contribution in [0, 0.1) is 5.92 Å². The molecule has 6 heteroatoms. The van der Waals surface area contributed by atoms with Crippen LogP contribution in [0.25, 0.3) is 21.8 Å². The van der Waals surface area contributed by atoms with Crippen molar-refractivity contribution in [3.8, 4) is 21.8 Å². The van der Waals surface area contributed by atoms with Crippen molar-refractivity contribution in [1.29, 1.82) is 0 Å². The van der Waals surface area contributed by atoms with Crippen molar-refractivity contribution >= 4 is 17.4 Å². The Kier molecular flexibility index (Phi) is 4.30. The normalized spacial score (nSPS) is 24.1. The second-order valence-electron chi connectivity index (χ2n) is 7.34. The number of hydrogen-bond donors (Lipinski definition) is 1. The van der Waals surface area contributed by atoms with E-state index in [1.807, 2.05) is 24.3 Å². The Balaban J connectivity index is 1.28. The second-order valence-corrected chi connectivity index (χ2v) is 8.17. The SMILES string of the molecule is O=C(NC1CN2CCC1CC2)c1ccc(-c2ccc(-c3ccns3)cc2)o1. The molecule has 5 nitrogen and oxygen atoms in total. The van der Waals surface area contributed by atoms with Crippen molar-refractivity contribution in [2.24, 2.45) is 5.92 Å². The summed E-state index contributed by atoms with van der Waals surface area (Å²) in [4.78, 5) is 16.2. The Hall–Kier alpha value is -2.44. The number of carbonyl (C=O) groups excluding carboxylic acids is 1. The van der Waals surface area contributed by atoms with Gasteiger partial charge >= 0.3 is 0 Å². The van der Waals surface area contributed by atoms with E-state index in [4.69, 9.17) is 4.42 Å². The molecule has 0 aliphatic carbocycles. The van der Waals surface area contributed by atoms with Gasteiger partial charge in [0.05, 0.1) is 4.88 Å². The van der Waals surface area contributed by atoms with Crippen LogP contribution in [0.4, 0.5) is 0 Å². The molecule has 138 valence electrons. The molecule has 1 atom stereocenters. The molecule has 3 fully saturated rings. The topological polar surface area (TPSA) is 58.4 Å². The van der Waals surface area contributed by atoms with Gasteiger partial charge in [0.15, 0.2) is 5.76 Å². The van der Waals surface area contributed by atoms with Crippen LogP contribution in [0.2, 0.25) is 0 Å². The smallest absolute Gasteiger partial charge is 0.287 e. The minimum atomic E-state index is -0.110. The van der Waals surface area contributed by atoms with E-state index in [0.29, 0.717) is 17.4 Å². The molecule has 2 aromatic heterocycles. The van der Waals surface area contributed by atoms with Gasteiger partial charge in [-0.2, -0.15) is 0 Å². The lowest BCUT2D eigenvalue weighted by molar-refractivity contribution is 0.0606. The number of benzene rings is 1. The van der Waals surface area contributed by atoms with E-state index < -0.39 is 0 Å². The summed E-state index contributed by atoms with van der Waals surface area (Å²) in [6.45, 7) is 3.29. The zero-order valence-electron chi connectivity index (χ0n) is 14.9. The molecule has 1 unspecified atom stereocenters. The average Bonchev–Trinajstić information content (AvgIpc) is 3.41. The molecule has 0 radical (unpaired) electrons. The molecule has 6 rings (SSSR count). The summed E-state index contributed by atoms with van der Waals surface area (Å²) >= 11 is 1.48. The summed E-state index contributed by atoms with van der Waals surface area (Å²) in [5.74, 6) is 1.59. The molecular formula is C21H21N3O2S. The van der Waals surface area contributed by atoms with Crippen LogP contribution in [0.5, 0.6) is 0 Å². The van der Waals surface area contributed by atoms with Gasteiger partial charge in [-0.15, -0.1) is 0 Å². The molecule has 3 aliphatic rings. The van der Waals surface area contributed by atoms with Crippen molar-refractivity contribution in [1.82, 2.24) is 14.6 Å². The van der Waals surface area contributed by atoms with Gasteiger partial charge in [0, 0.05) is 24.3 Å². The average molecular weight is 379 g/mol. The molecule has 5 heterocycles. The van der Waals surface area contributed by atoms with E-state index in [2.05, 4.69) is 26.7 Å². The van der Waals surface area contributed by atoms with Crippen molar-refractivity contribution in [2.45, 2.75) is 18.9 Å². The molecule has 1 aromatic carbocycles. The minimum absolute atomic E-state index is 0.110. The number of fused-ring (bicyclic) bond motifs is 3. The van der Waals surface area contributed by atoms with E-state index in [0.717, 1.165) is 22.5 Å². The van der Waals surface area contributed by atoms with Crippen LogP contribution in [0.1, 0.15) is 23.4 Å². The van der Waals surface area contributed by atoms with Crippen LogP contribution in [-0.2, 0) is 0 Å². The predicted molar refractivity (Wildman–Crippen MR) is 106 cm³/mol. The molecular weight excluding hydrogens is 358 g/mol. The molecule has 0 saturated carbocycles. The highest BCUT2D eigenvalue weighted by atomic mass is 32.1. The standard InChI is InChI=1S/C21H21N3O2S/c25-21(23-17-13-24-11-8-14(17)9-12-24)19-6-5-18(26-19)15-1-3-16(4-2-15)20-7-10-22-27-20/h1-7,10,14,17H,8-9,11-13H2,(H,23,25). The summed E-state index contributed by atoms with van der Waals surface area (Å²) in [6.07, 6.45) is 4.17. The van der Waals surface area contributed by atoms with E-state index in [-0.39, 0.29) is 11.9 Å². The number of aromatic nitrogens is 1. The molecule has 1 amide bonds. The maximum absolute atomic E-state index is 12.6. The van der Waals surface area contributed by atoms with Gasteiger partial charge in [-0.3, -0.25) is 4.79 Å². The lowest BCUT2D eigenvalue weighted by Crippen LogP contribution is -2.57. The first-order chi connectivity index (χ1) is 13.3. The number of nitrogens with zero attached hydrogens (tertiary/aromatic N) is 2. The first-order valence-electron chi connectivity index (χ1n) is 9.41. The van der Waals surface area contributed by atoms with Gasteiger partial charge in [-0.05, 0) is 67.1 Å². The lowest BCUT2D eigenvalue weighted by Gasteiger charge is -2.44. The molecule has 3 aromatic rings. The van der Waals surface area contributed by atoms with Crippen LogP contribution < -0.4 is 5.32 Å². The first-order valence-corrected chi connectivity index (χ1v) is 10.2. The second kappa shape index (κ2) is 6.94. The zero-order chi connectivity index (χ0) is 18.2. The third kappa shape index (κ3) is 3.31. The summed E-state index contributed by atoms with van der Waals surface area (Å²) in [5.41, 5.74) is 2.10. The highest BCUT2D eigenvalue weighted by molar-refractivity contribution is 7.09. The monoisotopic (exact) mass is 379 g/mol. The maximum Gasteiger partial charge on any atom is 0.287 e. The summed E-state index contributed by atoms with van der Waals surface area (Å²) < 4.78 is 9.99. The number of rotatable bonds is 4. The number of carbonyl (C=O) groups is 1. The quantitative estimate of drug-likeness (QED) is 0.747. The highest BCUT2D eigenvalue weighted by Crippen LogP contribution is 2.29. The predicted octanol–water partition coefficient (Wildman–Crippen LogP) is 3.89. The van der Waals surface area contributed by atoms with Crippen molar-refractivity contribution in [3.05, 3.63) is 54.4 Å². The molecule has 0 spiro atoms. The number of piperidine rings is 3. The van der Waals surface area contributed by atoms with Crippen LogP contribution in [0.15, 0.2) is 53.1 Å². The maximum atomic E-state index is 12.6. The van der Waals surface area contributed by atoms with E-state index >= 15 is 0 Å². The van der Waals surface area contributed by atoms with Gasteiger partial charge in [-0.25, -0.2) is 4.37 Å². The number of hydrogen-bond acceptors (Lipinski definition) is 5. The fourth-order valence-electron chi connectivity index (χ4n) is 4.15. The van der Waals surface area contributed by atoms with Crippen LogP contribution >= 0.6 is 11.5 Å². The molecule has 1 N–H and O–H groups in total. The third-order valence-electron chi connectivity index (χ3n) is 5.69. The Morgan fingerprint density at radius 2 is 1.85 bits per heavy atom. The Morgan fingerprint density at radius 3 is 2.52 bits per heavy atom. The first kappa shape index (κ1) is 16.7. The zero-order valence-corrected chi connectivity index (χ0v) is 15.7. The summed E-state index contributed by atoms with van der Waals surface area (Å²) in [5, 5.41) is 3.18. The van der Waals surface area contributed by atoms with Gasteiger partial charge in [0.2, 0.25) is 0 Å². The van der Waals surface area contributed by atoms with Crippen molar-refractivity contribution in [2.75, 3.05) is 19.6 Å². The van der Waals surface area contributed by atoms with Crippen LogP contribution in [0.3, 0.4) is 0 Å². The third-order valence-corrected chi connectivity index (χ3v) is 6.49. The van der Waals surface area contributed by atoms with E-state index in [1.165, 1.54) is 37.5 Å². The van der Waals surface area contributed by atoms with Gasteiger partial charge < -0.3 is 14.6 Å². The van der Waals surface area contributed by atoms with E-state index in [9.17, 15) is 4.79 Å². The number of nitrogens with one attached hydrogen (secondary N) is 1. The van der Waals surface area contributed by atoms with Crippen molar-refractivity contribution < 1.29 is 9.21 Å². The fourth-order valence-corrected chi connectivity index (χ4v) is 4.75. The van der Waals surface area contributed by atoms with Crippen LogP contribution in [-0.4, -0.2) is 40.9 Å². The van der Waals surface area contributed by atoms with Gasteiger partial charge in [0.25, 0.3) is 5.91 Å². The highest BCUT2D eigenvalue weighted by Gasteiger charge is 2.35. The lowest BCUT2D eigenvalue weighted by atomic mass is 9.84. The summed E-state index contributed by atoms with van der Waals surface area (Å²) in [6, 6.07) is 14.0. The molecule has 2 bridgehead atoms. The number of furan rings is 1. The Bertz CT molecular complexity index is 925. The molecule has 27 heavy (non-hydrogen) atoms. The van der Waals surface area contributed by atoms with Gasteiger partial charge in [0.1, 0.15) is 5.76 Å². The van der Waals surface area contributed by atoms with E-state index in [1.54, 1.807) is 12.3 Å².